The van der Waals surface area contributed by atoms with Crippen LogP contribution in [0.5, 0.6) is 0 Å². The number of fused-ring (bicyclic) bond motifs is 1. The topological polar surface area (TPSA) is 0 Å². The van der Waals surface area contributed by atoms with E-state index in [0.29, 0.717) is 0 Å². The molecule has 0 aromatic rings. The van der Waals surface area contributed by atoms with Gasteiger partial charge in [-0.2, -0.15) is 0 Å². The highest BCUT2D eigenvalue weighted by atomic mass is 14.3. The van der Waals surface area contributed by atoms with Gasteiger partial charge < -0.3 is 0 Å². The average molecular weight is 164 g/mol. The molecule has 0 radical (unpaired) electrons. The summed E-state index contributed by atoms with van der Waals surface area (Å²) in [7, 11) is 0. The Hall–Kier alpha value is -0.520. The molecule has 0 nitrogen and oxygen atoms in total. The molecular formula is C12H20. The van der Waals surface area contributed by atoms with Crippen LogP contribution in [0.1, 0.15) is 40.0 Å². The summed E-state index contributed by atoms with van der Waals surface area (Å²) < 4.78 is 0. The maximum absolute atomic E-state index is 2.47. The highest BCUT2D eigenvalue weighted by Gasteiger charge is 2.22. The largest absolute Gasteiger partial charge is 0.0876 e. The van der Waals surface area contributed by atoms with Crippen molar-refractivity contribution in [3.63, 3.8) is 0 Å². The maximum Gasteiger partial charge on any atom is -0.00176 e. The number of allylic oxidation sites excluding steroid dienone is 4. The Morgan fingerprint density at radius 1 is 1.33 bits per heavy atom. The van der Waals surface area contributed by atoms with E-state index in [-0.39, 0.29) is 0 Å². The predicted octanol–water partition coefficient (Wildman–Crippen LogP) is 3.95. The molecule has 68 valence electrons. The molecule has 2 unspecified atom stereocenters. The first-order valence-electron chi connectivity index (χ1n) is 5.23. The molecule has 0 saturated carbocycles. The van der Waals surface area contributed by atoms with Crippen LogP contribution in [-0.4, -0.2) is 0 Å². The lowest BCUT2D eigenvalue weighted by atomic mass is 9.92. The zero-order chi connectivity index (χ0) is 8.97. The van der Waals surface area contributed by atoms with Crippen LogP contribution in [0.25, 0.3) is 0 Å². The van der Waals surface area contributed by atoms with Crippen molar-refractivity contribution < 1.29 is 0 Å². The highest BCUT2D eigenvalue weighted by Crippen LogP contribution is 2.36. The molecule has 0 spiro atoms. The first kappa shape index (κ1) is 9.57. The Morgan fingerprint density at radius 2 is 2.08 bits per heavy atom. The molecule has 0 saturated heterocycles. The average Bonchev–Trinajstić information content (AvgIpc) is 2.48. The van der Waals surface area contributed by atoms with E-state index in [1.807, 2.05) is 13.8 Å². The summed E-state index contributed by atoms with van der Waals surface area (Å²) in [5.74, 6) is 1.66. The van der Waals surface area contributed by atoms with Crippen LogP contribution in [0.2, 0.25) is 0 Å². The molecule has 12 heavy (non-hydrogen) atoms. The van der Waals surface area contributed by atoms with Crippen molar-refractivity contribution in [3.8, 4) is 0 Å². The summed E-state index contributed by atoms with van der Waals surface area (Å²) >= 11 is 0. The van der Waals surface area contributed by atoms with Gasteiger partial charge in [-0.05, 0) is 31.1 Å². The Bertz CT molecular complexity index is 186. The summed E-state index contributed by atoms with van der Waals surface area (Å²) in [6, 6.07) is 0. The lowest BCUT2D eigenvalue weighted by Gasteiger charge is -2.13. The zero-order valence-electron chi connectivity index (χ0n) is 8.51. The van der Waals surface area contributed by atoms with Crippen LogP contribution < -0.4 is 0 Å². The monoisotopic (exact) mass is 164 g/mol. The normalized spacial score (nSPS) is 31.8. The second-order valence-corrected chi connectivity index (χ2v) is 3.53. The van der Waals surface area contributed by atoms with Gasteiger partial charge in [-0.15, -0.1) is 0 Å². The lowest BCUT2D eigenvalue weighted by Crippen LogP contribution is -1.99. The van der Waals surface area contributed by atoms with Gasteiger partial charge in [-0.3, -0.25) is 0 Å². The third-order valence-corrected chi connectivity index (χ3v) is 2.57. The number of rotatable bonds is 0. The molecule has 0 aliphatic heterocycles. The smallest absolute Gasteiger partial charge is 0.00176 e. The molecule has 2 aliphatic rings. The molecule has 0 bridgehead atoms. The molecule has 0 heteroatoms. The van der Waals surface area contributed by atoms with Gasteiger partial charge in [0.25, 0.3) is 0 Å². The van der Waals surface area contributed by atoms with Crippen LogP contribution in [0.4, 0.5) is 0 Å². The maximum atomic E-state index is 2.47. The van der Waals surface area contributed by atoms with Gasteiger partial charge in [0.2, 0.25) is 0 Å². The van der Waals surface area contributed by atoms with E-state index in [0.717, 1.165) is 11.8 Å². The molecule has 0 heterocycles. The van der Waals surface area contributed by atoms with Crippen molar-refractivity contribution in [1.82, 2.24) is 0 Å². The quantitative estimate of drug-likeness (QED) is 0.476. The Kier molecular flexibility index (Phi) is 3.58. The molecule has 0 amide bonds. The van der Waals surface area contributed by atoms with Crippen molar-refractivity contribution in [3.05, 3.63) is 23.8 Å². The minimum atomic E-state index is 0.823. The van der Waals surface area contributed by atoms with Gasteiger partial charge in [0.15, 0.2) is 0 Å². The summed E-state index contributed by atoms with van der Waals surface area (Å²) in [5.41, 5.74) is 1.70. The SMILES string of the molecule is CC.CC1C=C2CCC=CC2C1. The third-order valence-electron chi connectivity index (χ3n) is 2.57. The van der Waals surface area contributed by atoms with Crippen LogP contribution in [0.15, 0.2) is 23.8 Å². The Labute approximate surface area is 76.4 Å². The minimum absolute atomic E-state index is 0.823. The van der Waals surface area contributed by atoms with Crippen molar-refractivity contribution in [2.75, 3.05) is 0 Å². The van der Waals surface area contributed by atoms with Crippen molar-refractivity contribution in [2.45, 2.75) is 40.0 Å². The first-order valence-corrected chi connectivity index (χ1v) is 5.23. The fourth-order valence-corrected chi connectivity index (χ4v) is 2.09. The standard InChI is InChI=1S/C10H14.C2H6/c1-8-6-9-4-2-3-5-10(9)7-8;1-2/h2,4,7-9H,3,5-6H2,1H3;1-2H3. The molecular weight excluding hydrogens is 144 g/mol. The molecule has 2 aliphatic carbocycles. The Morgan fingerprint density at radius 3 is 2.75 bits per heavy atom. The van der Waals surface area contributed by atoms with Crippen LogP contribution in [0.3, 0.4) is 0 Å². The van der Waals surface area contributed by atoms with Crippen molar-refractivity contribution >= 4 is 0 Å². The highest BCUT2D eigenvalue weighted by molar-refractivity contribution is 5.23. The molecule has 0 fully saturated rings. The molecule has 2 atom stereocenters. The molecule has 0 aromatic carbocycles. The third kappa shape index (κ3) is 2.00. The molecule has 0 N–H and O–H groups in total. The van der Waals surface area contributed by atoms with Gasteiger partial charge in [0.05, 0.1) is 0 Å². The Balaban J connectivity index is 0.000000336. The first-order chi connectivity index (χ1) is 5.86. The predicted molar refractivity (Wildman–Crippen MR) is 55.1 cm³/mol. The molecule has 0 aromatic heterocycles. The summed E-state index contributed by atoms with van der Waals surface area (Å²) in [6.07, 6.45) is 11.2. The second kappa shape index (κ2) is 4.49. The van der Waals surface area contributed by atoms with Gasteiger partial charge in [-0.25, -0.2) is 0 Å². The van der Waals surface area contributed by atoms with Crippen molar-refractivity contribution in [2.24, 2.45) is 11.8 Å². The van der Waals surface area contributed by atoms with Gasteiger partial charge in [-0.1, -0.05) is 44.6 Å². The number of hydrogen-bond acceptors (Lipinski definition) is 0. The van der Waals surface area contributed by atoms with E-state index >= 15 is 0 Å². The van der Waals surface area contributed by atoms with E-state index in [4.69, 9.17) is 0 Å². The summed E-state index contributed by atoms with van der Waals surface area (Å²) in [4.78, 5) is 0. The summed E-state index contributed by atoms with van der Waals surface area (Å²) in [6.45, 7) is 6.32. The van der Waals surface area contributed by atoms with E-state index in [1.54, 1.807) is 5.57 Å². The fourth-order valence-electron chi connectivity index (χ4n) is 2.09. The van der Waals surface area contributed by atoms with Crippen molar-refractivity contribution in [1.29, 1.82) is 0 Å². The number of hydrogen-bond donors (Lipinski definition) is 0. The van der Waals surface area contributed by atoms with Gasteiger partial charge in [0, 0.05) is 0 Å². The minimum Gasteiger partial charge on any atom is -0.0876 e. The van der Waals surface area contributed by atoms with Gasteiger partial charge in [0.1, 0.15) is 0 Å². The van der Waals surface area contributed by atoms with Gasteiger partial charge >= 0.3 is 0 Å². The van der Waals surface area contributed by atoms with Crippen LogP contribution in [0, 0.1) is 11.8 Å². The van der Waals surface area contributed by atoms with E-state index in [2.05, 4.69) is 25.2 Å². The fraction of sp³-hybridized carbons (Fsp3) is 0.667. The zero-order valence-corrected chi connectivity index (χ0v) is 8.51. The van der Waals surface area contributed by atoms with E-state index < -0.39 is 0 Å². The van der Waals surface area contributed by atoms with E-state index in [9.17, 15) is 0 Å². The van der Waals surface area contributed by atoms with E-state index in [1.165, 1.54) is 19.3 Å². The summed E-state index contributed by atoms with van der Waals surface area (Å²) in [5, 5.41) is 0. The van der Waals surface area contributed by atoms with Crippen LogP contribution >= 0.6 is 0 Å². The van der Waals surface area contributed by atoms with Crippen LogP contribution in [-0.2, 0) is 0 Å². The molecule has 2 rings (SSSR count). The lowest BCUT2D eigenvalue weighted by molar-refractivity contribution is 0.599. The second-order valence-electron chi connectivity index (χ2n) is 3.53.